The number of nitrogens with two attached hydrogens (primary N) is 2. The summed E-state index contributed by atoms with van der Waals surface area (Å²) >= 11 is 0. The van der Waals surface area contributed by atoms with Gasteiger partial charge in [-0.15, -0.1) is 0 Å². The van der Waals surface area contributed by atoms with E-state index < -0.39 is 11.6 Å². The van der Waals surface area contributed by atoms with E-state index in [4.69, 9.17) is 31.2 Å². The van der Waals surface area contributed by atoms with Crippen molar-refractivity contribution in [3.63, 3.8) is 0 Å². The van der Waals surface area contributed by atoms with E-state index in [0.29, 0.717) is 42.2 Å². The lowest BCUT2D eigenvalue weighted by Gasteiger charge is -2.37. The number of piperidine rings is 1. The van der Waals surface area contributed by atoms with Crippen molar-refractivity contribution in [2.24, 2.45) is 11.6 Å². The number of aliphatic carboxylic acids is 1. The summed E-state index contributed by atoms with van der Waals surface area (Å²) in [4.78, 5) is 28.4. The van der Waals surface area contributed by atoms with Gasteiger partial charge in [-0.05, 0) is 57.2 Å². The normalized spacial score (nSPS) is 19.7. The van der Waals surface area contributed by atoms with Crippen molar-refractivity contribution in [1.29, 1.82) is 0 Å². The molecule has 1 saturated carbocycles. The zero-order valence-electron chi connectivity index (χ0n) is 22.6. The summed E-state index contributed by atoms with van der Waals surface area (Å²) < 4.78 is 22.0. The minimum absolute atomic E-state index is 0.174. The van der Waals surface area contributed by atoms with Gasteiger partial charge in [0.1, 0.15) is 11.4 Å². The summed E-state index contributed by atoms with van der Waals surface area (Å²) in [7, 11) is 1.68. The number of aromatic nitrogens is 2. The molecule has 2 fully saturated rings. The predicted octanol–water partition coefficient (Wildman–Crippen LogP) is 2.90. The van der Waals surface area contributed by atoms with Crippen molar-refractivity contribution < 1.29 is 19.0 Å². The monoisotopic (exact) mass is 530 g/mol. The minimum Gasteiger partial charge on any atom is -0.489 e. The number of anilines is 1. The molecule has 38 heavy (non-hydrogen) atoms. The fourth-order valence-corrected chi connectivity index (χ4v) is 4.37. The average Bonchev–Trinajstić information content (AvgIpc) is 3.66. The van der Waals surface area contributed by atoms with E-state index in [2.05, 4.69) is 4.90 Å². The Hall–Kier alpha value is -3.60. The first-order valence-corrected chi connectivity index (χ1v) is 12.9. The van der Waals surface area contributed by atoms with Crippen LogP contribution >= 0.6 is 0 Å². The van der Waals surface area contributed by atoms with Crippen molar-refractivity contribution in [1.82, 2.24) is 14.6 Å². The third-order valence-corrected chi connectivity index (χ3v) is 6.39. The number of aryl methyl sites for hydroxylation is 1. The maximum absolute atomic E-state index is 14.6. The summed E-state index contributed by atoms with van der Waals surface area (Å²) in [5.41, 5.74) is 8.47. The predicted molar refractivity (Wildman–Crippen MR) is 145 cm³/mol. The Morgan fingerprint density at radius 1 is 1.32 bits per heavy atom. The van der Waals surface area contributed by atoms with E-state index >= 15 is 0 Å². The number of carboxylic acid groups (broad SMARTS) is 1. The SMILES string of the molecule is CC(=O)O.CCc1nc(/C(N)=C(\Cn2cc(OC3CC3)ccc2=O)N(C)N)ccc1N1CCCC(C)(F)C1. The number of likely N-dealkylation sites (N-methyl/N-ethyl adjacent to an activating group) is 1. The van der Waals surface area contributed by atoms with E-state index in [1.54, 1.807) is 26.2 Å². The second-order valence-electron chi connectivity index (χ2n) is 10.1. The first-order valence-electron chi connectivity index (χ1n) is 12.9. The van der Waals surface area contributed by atoms with Crippen LogP contribution in [-0.2, 0) is 17.8 Å². The molecule has 0 bridgehead atoms. The molecule has 4 rings (SSSR count). The fourth-order valence-electron chi connectivity index (χ4n) is 4.37. The summed E-state index contributed by atoms with van der Waals surface area (Å²) in [6.45, 7) is 6.10. The molecule has 11 heteroatoms. The highest BCUT2D eigenvalue weighted by Crippen LogP contribution is 2.31. The first kappa shape index (κ1) is 29.0. The van der Waals surface area contributed by atoms with Gasteiger partial charge in [0.2, 0.25) is 0 Å². The van der Waals surface area contributed by atoms with E-state index in [1.165, 1.54) is 15.6 Å². The van der Waals surface area contributed by atoms with Crippen molar-refractivity contribution in [3.05, 3.63) is 57.9 Å². The van der Waals surface area contributed by atoms with Crippen molar-refractivity contribution >= 4 is 17.4 Å². The standard InChI is InChI=1S/C25H35FN6O2.C2H4O2/c1-4-19-21(31-13-5-12-25(2,26)16-31)10-9-20(29-19)24(27)22(30(3)28)15-32-14-18(8-11-23(32)33)34-17-6-7-17;1-2(3)4/h8-11,14,17H,4-7,12-13,15-16,27-28H2,1-3H3;1H3,(H,3,4)/b24-22-;. The topological polar surface area (TPSA) is 140 Å². The number of rotatable bonds is 8. The average molecular weight is 531 g/mol. The van der Waals surface area contributed by atoms with Gasteiger partial charge >= 0.3 is 0 Å². The molecule has 0 amide bonds. The molecule has 1 atom stereocenters. The molecule has 1 aliphatic carbocycles. The van der Waals surface area contributed by atoms with Gasteiger partial charge in [-0.1, -0.05) is 6.92 Å². The number of alkyl halides is 1. The molecule has 0 aromatic carbocycles. The Morgan fingerprint density at radius 2 is 2.00 bits per heavy atom. The van der Waals surface area contributed by atoms with E-state index in [1.807, 2.05) is 19.1 Å². The van der Waals surface area contributed by atoms with Crippen LogP contribution in [0.3, 0.4) is 0 Å². The highest BCUT2D eigenvalue weighted by Gasteiger charge is 2.31. The van der Waals surface area contributed by atoms with Gasteiger partial charge in [-0.2, -0.15) is 0 Å². The molecule has 1 aliphatic heterocycles. The summed E-state index contributed by atoms with van der Waals surface area (Å²) in [6.07, 6.45) is 6.05. The maximum atomic E-state index is 14.6. The van der Waals surface area contributed by atoms with Gasteiger partial charge in [-0.3, -0.25) is 9.59 Å². The Labute approximate surface area is 222 Å². The molecule has 0 spiro atoms. The quantitative estimate of drug-likeness (QED) is 0.347. The number of hydrogen-bond acceptors (Lipinski definition) is 8. The molecule has 3 heterocycles. The van der Waals surface area contributed by atoms with Gasteiger partial charge in [0.05, 0.1) is 47.7 Å². The largest absolute Gasteiger partial charge is 0.489 e. The fraction of sp³-hybridized carbons (Fsp3) is 0.519. The zero-order valence-corrected chi connectivity index (χ0v) is 22.6. The molecule has 2 aromatic rings. The zero-order chi connectivity index (χ0) is 28.0. The Kier molecular flexibility index (Phi) is 9.37. The second-order valence-corrected chi connectivity index (χ2v) is 10.1. The van der Waals surface area contributed by atoms with E-state index in [-0.39, 0.29) is 18.2 Å². The summed E-state index contributed by atoms with van der Waals surface area (Å²) in [5, 5.41) is 8.83. The molecule has 1 saturated heterocycles. The molecule has 0 radical (unpaired) electrons. The number of ether oxygens (including phenoxy) is 1. The van der Waals surface area contributed by atoms with Crippen LogP contribution in [0.25, 0.3) is 5.70 Å². The molecule has 2 aliphatic rings. The number of halogens is 1. The number of nitrogens with zero attached hydrogens (tertiary/aromatic N) is 4. The van der Waals surface area contributed by atoms with Crippen molar-refractivity contribution in [2.45, 2.75) is 71.2 Å². The minimum atomic E-state index is -1.21. The lowest BCUT2D eigenvalue weighted by Crippen LogP contribution is -2.44. The van der Waals surface area contributed by atoms with E-state index in [9.17, 15) is 9.18 Å². The van der Waals surface area contributed by atoms with Crippen LogP contribution < -0.4 is 26.8 Å². The molecule has 208 valence electrons. The van der Waals surface area contributed by atoms with Crippen LogP contribution in [-0.4, -0.2) is 57.5 Å². The molecular formula is C27H39FN6O4. The van der Waals surface area contributed by atoms with Crippen LogP contribution in [0.4, 0.5) is 10.1 Å². The third-order valence-electron chi connectivity index (χ3n) is 6.39. The highest BCUT2D eigenvalue weighted by molar-refractivity contribution is 5.65. The molecule has 10 nitrogen and oxygen atoms in total. The van der Waals surface area contributed by atoms with Crippen LogP contribution in [0.15, 0.2) is 41.0 Å². The molecule has 5 N–H and O–H groups in total. The number of carboxylic acids is 1. The van der Waals surface area contributed by atoms with Crippen LogP contribution in [0, 0.1) is 0 Å². The van der Waals surface area contributed by atoms with E-state index in [0.717, 1.165) is 44.1 Å². The molecule has 2 aromatic heterocycles. The van der Waals surface area contributed by atoms with Crippen molar-refractivity contribution in [2.75, 3.05) is 25.0 Å². The lowest BCUT2D eigenvalue weighted by atomic mass is 9.96. The van der Waals surface area contributed by atoms with Gasteiger partial charge < -0.3 is 30.1 Å². The number of hydrogen-bond donors (Lipinski definition) is 3. The van der Waals surface area contributed by atoms with Crippen LogP contribution in [0.5, 0.6) is 5.75 Å². The maximum Gasteiger partial charge on any atom is 0.300 e. The number of hydrazine groups is 1. The Bertz CT molecular complexity index is 1220. The van der Waals surface area contributed by atoms with Crippen molar-refractivity contribution in [3.8, 4) is 5.75 Å². The van der Waals surface area contributed by atoms with Gasteiger partial charge in [0.15, 0.2) is 0 Å². The highest BCUT2D eigenvalue weighted by atomic mass is 19.1. The Morgan fingerprint density at radius 3 is 2.58 bits per heavy atom. The van der Waals surface area contributed by atoms with Crippen LogP contribution in [0.1, 0.15) is 57.8 Å². The smallest absolute Gasteiger partial charge is 0.300 e. The van der Waals surface area contributed by atoms with Crippen LogP contribution in [0.2, 0.25) is 0 Å². The Balaban J connectivity index is 0.000000934. The van der Waals surface area contributed by atoms with Gasteiger partial charge in [0.25, 0.3) is 11.5 Å². The first-order chi connectivity index (χ1) is 17.9. The summed E-state index contributed by atoms with van der Waals surface area (Å²) in [5.74, 6) is 5.94. The van der Waals surface area contributed by atoms with Gasteiger partial charge in [-0.25, -0.2) is 15.2 Å². The number of allylic oxidation sites excluding steroid dienone is 1. The lowest BCUT2D eigenvalue weighted by molar-refractivity contribution is -0.134. The summed E-state index contributed by atoms with van der Waals surface area (Å²) in [6, 6.07) is 6.97. The second kappa shape index (κ2) is 12.3. The number of carbonyl (C=O) groups is 1. The molecule has 1 unspecified atom stereocenters. The number of pyridine rings is 2. The van der Waals surface area contributed by atoms with Gasteiger partial charge in [0, 0.05) is 32.8 Å². The molecular weight excluding hydrogens is 491 g/mol. The third kappa shape index (κ3) is 7.95.